The molecule has 9 heteroatoms. The molecule has 0 aliphatic rings. The number of halogens is 1. The van der Waals surface area contributed by atoms with E-state index in [4.69, 9.17) is 0 Å². The molecule has 0 radical (unpaired) electrons. The summed E-state index contributed by atoms with van der Waals surface area (Å²) >= 11 is 3.46. The third kappa shape index (κ3) is 10.3. The number of amides is 2. The molecule has 3 aromatic rings. The zero-order valence-electron chi connectivity index (χ0n) is 24.8. The van der Waals surface area contributed by atoms with E-state index >= 15 is 0 Å². The lowest BCUT2D eigenvalue weighted by molar-refractivity contribution is -0.141. The first-order valence-corrected chi connectivity index (χ1v) is 17.2. The van der Waals surface area contributed by atoms with E-state index in [0.717, 1.165) is 40.4 Å². The number of benzene rings is 3. The van der Waals surface area contributed by atoms with Gasteiger partial charge in [-0.3, -0.25) is 13.9 Å². The molecule has 0 saturated carbocycles. The molecule has 0 saturated heterocycles. The molecule has 0 heterocycles. The van der Waals surface area contributed by atoms with Crippen LogP contribution in [0.15, 0.2) is 83.3 Å². The Hall–Kier alpha value is -3.17. The average molecular weight is 657 g/mol. The summed E-state index contributed by atoms with van der Waals surface area (Å²) in [5, 5.41) is 3.03. The summed E-state index contributed by atoms with van der Waals surface area (Å²) in [5.74, 6) is -0.384. The van der Waals surface area contributed by atoms with Gasteiger partial charge in [0.25, 0.3) is 0 Å². The molecule has 3 rings (SSSR count). The standard InChI is InChI=1S/C33H42BrN3O4S/c1-4-6-22-35-33(39)31(24-27-11-8-7-9-12-27)36(25-28-14-18-29(34)19-15-28)32(38)13-10-23-37(42(3,40)41)30-20-16-26(5-2)17-21-30/h7-9,11-12,14-21,31H,4-6,10,13,22-25H2,1-3H3,(H,35,39)/t31-/m0/s1. The van der Waals surface area contributed by atoms with Gasteiger partial charge in [-0.2, -0.15) is 0 Å². The van der Waals surface area contributed by atoms with E-state index in [2.05, 4.69) is 28.2 Å². The Morgan fingerprint density at radius 2 is 1.50 bits per heavy atom. The second kappa shape index (κ2) is 16.5. The van der Waals surface area contributed by atoms with Crippen LogP contribution in [-0.4, -0.2) is 50.5 Å². The van der Waals surface area contributed by atoms with E-state index < -0.39 is 16.1 Å². The summed E-state index contributed by atoms with van der Waals surface area (Å²) < 4.78 is 27.6. The third-order valence-corrected chi connectivity index (χ3v) is 8.87. The number of nitrogens with one attached hydrogen (secondary N) is 1. The maximum atomic E-state index is 13.9. The number of unbranched alkanes of at least 4 members (excludes halogenated alkanes) is 1. The lowest BCUT2D eigenvalue weighted by atomic mass is 10.0. The Bertz CT molecular complexity index is 1380. The molecule has 0 unspecified atom stereocenters. The summed E-state index contributed by atoms with van der Waals surface area (Å²) in [7, 11) is -3.55. The monoisotopic (exact) mass is 655 g/mol. The summed E-state index contributed by atoms with van der Waals surface area (Å²) in [6, 6.07) is 24.1. The molecule has 0 fully saturated rings. The van der Waals surface area contributed by atoms with Crippen LogP contribution in [-0.2, 0) is 39.0 Å². The second-order valence-corrected chi connectivity index (χ2v) is 13.3. The van der Waals surface area contributed by atoms with Gasteiger partial charge in [-0.15, -0.1) is 0 Å². The molecule has 0 bridgehead atoms. The highest BCUT2D eigenvalue weighted by atomic mass is 79.9. The van der Waals surface area contributed by atoms with Crippen molar-refractivity contribution in [1.29, 1.82) is 0 Å². The smallest absolute Gasteiger partial charge is 0.243 e. The van der Waals surface area contributed by atoms with Gasteiger partial charge in [-0.25, -0.2) is 8.42 Å². The summed E-state index contributed by atoms with van der Waals surface area (Å²) in [6.07, 6.45) is 4.63. The highest BCUT2D eigenvalue weighted by Gasteiger charge is 2.30. The Kier molecular flexibility index (Phi) is 13.1. The number of carbonyl (C=O) groups excluding carboxylic acids is 2. The van der Waals surface area contributed by atoms with E-state index in [9.17, 15) is 18.0 Å². The van der Waals surface area contributed by atoms with Gasteiger partial charge < -0.3 is 10.2 Å². The lowest BCUT2D eigenvalue weighted by Gasteiger charge is -2.32. The van der Waals surface area contributed by atoms with Crippen LogP contribution in [0.5, 0.6) is 0 Å². The fourth-order valence-corrected chi connectivity index (χ4v) is 5.98. The number of rotatable bonds is 16. The molecular weight excluding hydrogens is 614 g/mol. The second-order valence-electron chi connectivity index (χ2n) is 10.5. The van der Waals surface area contributed by atoms with Crippen molar-refractivity contribution in [2.45, 2.75) is 65.0 Å². The maximum absolute atomic E-state index is 13.9. The van der Waals surface area contributed by atoms with Gasteiger partial charge in [0, 0.05) is 36.9 Å². The minimum Gasteiger partial charge on any atom is -0.354 e. The SMILES string of the molecule is CCCCNC(=O)[C@H](Cc1ccccc1)N(Cc1ccc(Br)cc1)C(=O)CCCN(c1ccc(CC)cc1)S(C)(=O)=O. The lowest BCUT2D eigenvalue weighted by Crippen LogP contribution is -2.50. The van der Waals surface area contributed by atoms with Gasteiger partial charge in [0.15, 0.2) is 0 Å². The average Bonchev–Trinajstić information content (AvgIpc) is 2.98. The van der Waals surface area contributed by atoms with Gasteiger partial charge >= 0.3 is 0 Å². The topological polar surface area (TPSA) is 86.8 Å². The van der Waals surface area contributed by atoms with Gasteiger partial charge in [0.2, 0.25) is 21.8 Å². The molecule has 226 valence electrons. The zero-order chi connectivity index (χ0) is 30.5. The van der Waals surface area contributed by atoms with Crippen LogP contribution in [0.1, 0.15) is 56.2 Å². The number of hydrogen-bond donors (Lipinski definition) is 1. The predicted molar refractivity (Wildman–Crippen MR) is 174 cm³/mol. The van der Waals surface area contributed by atoms with Crippen molar-refractivity contribution in [3.63, 3.8) is 0 Å². The van der Waals surface area contributed by atoms with E-state index in [-0.39, 0.29) is 31.3 Å². The summed E-state index contributed by atoms with van der Waals surface area (Å²) in [5.41, 5.74) is 3.55. The van der Waals surface area contributed by atoms with Crippen LogP contribution >= 0.6 is 15.9 Å². The molecular formula is C33H42BrN3O4S. The Morgan fingerprint density at radius 3 is 2.10 bits per heavy atom. The number of aryl methyl sites for hydroxylation is 1. The molecule has 1 atom stereocenters. The van der Waals surface area contributed by atoms with Crippen LogP contribution in [0, 0.1) is 0 Å². The van der Waals surface area contributed by atoms with Crippen LogP contribution < -0.4 is 9.62 Å². The molecule has 7 nitrogen and oxygen atoms in total. The van der Waals surface area contributed by atoms with Crippen LogP contribution in [0.2, 0.25) is 0 Å². The third-order valence-electron chi connectivity index (χ3n) is 7.15. The quantitative estimate of drug-likeness (QED) is 0.189. The highest BCUT2D eigenvalue weighted by Crippen LogP contribution is 2.21. The normalized spacial score (nSPS) is 12.0. The molecule has 1 N–H and O–H groups in total. The highest BCUT2D eigenvalue weighted by molar-refractivity contribution is 9.10. The van der Waals surface area contributed by atoms with Crippen molar-refractivity contribution in [2.75, 3.05) is 23.7 Å². The maximum Gasteiger partial charge on any atom is 0.243 e. The number of sulfonamides is 1. The molecule has 3 aromatic carbocycles. The van der Waals surface area contributed by atoms with Gasteiger partial charge in [0.1, 0.15) is 6.04 Å². The number of anilines is 1. The molecule has 0 aliphatic heterocycles. The fraction of sp³-hybridized carbons (Fsp3) is 0.394. The van der Waals surface area contributed by atoms with Crippen LogP contribution in [0.25, 0.3) is 0 Å². The summed E-state index contributed by atoms with van der Waals surface area (Å²) in [4.78, 5) is 29.1. The fourth-order valence-electron chi connectivity index (χ4n) is 4.75. The van der Waals surface area contributed by atoms with Crippen molar-refractivity contribution < 1.29 is 18.0 Å². The minimum absolute atomic E-state index is 0.100. The summed E-state index contributed by atoms with van der Waals surface area (Å²) in [6.45, 7) is 5.08. The zero-order valence-corrected chi connectivity index (χ0v) is 27.2. The van der Waals surface area contributed by atoms with E-state index in [0.29, 0.717) is 25.1 Å². The van der Waals surface area contributed by atoms with Crippen LogP contribution in [0.3, 0.4) is 0 Å². The van der Waals surface area contributed by atoms with Gasteiger partial charge in [-0.05, 0) is 60.2 Å². The van der Waals surface area contributed by atoms with Crippen molar-refractivity contribution in [2.24, 2.45) is 0 Å². The predicted octanol–water partition coefficient (Wildman–Crippen LogP) is 6.11. The van der Waals surface area contributed by atoms with Crippen LogP contribution in [0.4, 0.5) is 5.69 Å². The van der Waals surface area contributed by atoms with Crippen molar-refractivity contribution >= 4 is 43.5 Å². The molecule has 0 aliphatic carbocycles. The van der Waals surface area contributed by atoms with Crippen molar-refractivity contribution in [3.8, 4) is 0 Å². The number of nitrogens with zero attached hydrogens (tertiary/aromatic N) is 2. The van der Waals surface area contributed by atoms with E-state index in [1.165, 1.54) is 10.6 Å². The number of carbonyl (C=O) groups is 2. The Balaban J connectivity index is 1.85. The van der Waals surface area contributed by atoms with Gasteiger partial charge in [0.05, 0.1) is 11.9 Å². The molecule has 42 heavy (non-hydrogen) atoms. The van der Waals surface area contributed by atoms with Crippen molar-refractivity contribution in [1.82, 2.24) is 10.2 Å². The first-order valence-electron chi connectivity index (χ1n) is 14.5. The van der Waals surface area contributed by atoms with Gasteiger partial charge in [-0.1, -0.05) is 90.8 Å². The molecule has 0 spiro atoms. The minimum atomic E-state index is -3.55. The molecule has 0 aromatic heterocycles. The molecule has 2 amide bonds. The Labute approximate surface area is 259 Å². The van der Waals surface area contributed by atoms with Crippen molar-refractivity contribution in [3.05, 3.63) is 100 Å². The Morgan fingerprint density at radius 1 is 0.857 bits per heavy atom. The first kappa shape index (κ1) is 33.3. The largest absolute Gasteiger partial charge is 0.354 e. The van der Waals surface area contributed by atoms with E-state index in [1.54, 1.807) is 17.0 Å². The van der Waals surface area contributed by atoms with E-state index in [1.807, 2.05) is 73.7 Å². The first-order chi connectivity index (χ1) is 20.1. The number of hydrogen-bond acceptors (Lipinski definition) is 4.